The van der Waals surface area contributed by atoms with Crippen LogP contribution in [0.2, 0.25) is 0 Å². The van der Waals surface area contributed by atoms with Gasteiger partial charge in [-0.15, -0.1) is 10.2 Å². The van der Waals surface area contributed by atoms with Crippen molar-refractivity contribution < 1.29 is 14.1 Å². The van der Waals surface area contributed by atoms with Gasteiger partial charge < -0.3 is 5.32 Å². The van der Waals surface area contributed by atoms with E-state index in [4.69, 9.17) is 0 Å². The van der Waals surface area contributed by atoms with Gasteiger partial charge in [0, 0.05) is 30.5 Å². The number of nitro groups is 1. The van der Waals surface area contributed by atoms with E-state index in [1.165, 1.54) is 43.0 Å². The zero-order valence-corrected chi connectivity index (χ0v) is 16.5. The molecule has 1 amide bonds. The van der Waals surface area contributed by atoms with Crippen molar-refractivity contribution in [2.75, 3.05) is 0 Å². The molecule has 1 heterocycles. The maximum Gasteiger partial charge on any atom is 0.269 e. The van der Waals surface area contributed by atoms with Gasteiger partial charge in [0.1, 0.15) is 5.82 Å². The van der Waals surface area contributed by atoms with E-state index < -0.39 is 11.0 Å². The Bertz CT molecular complexity index is 1020. The molecule has 1 N–H and O–H groups in total. The van der Waals surface area contributed by atoms with E-state index in [0.29, 0.717) is 22.4 Å². The summed E-state index contributed by atoms with van der Waals surface area (Å²) in [6, 6.07) is 11.7. The SMILES string of the molecule is CC(=O)NC(C)c1nnc(SCc2ccc(F)cc2)n1-c1ccc([N+](=O)[O-])cc1. The molecule has 1 aromatic heterocycles. The Kier molecular flexibility index (Phi) is 6.23. The molecule has 0 aliphatic heterocycles. The molecule has 8 nitrogen and oxygen atoms in total. The molecule has 29 heavy (non-hydrogen) atoms. The third-order valence-corrected chi connectivity index (χ3v) is 5.07. The molecular formula is C19H18FN5O3S. The van der Waals surface area contributed by atoms with E-state index in [1.54, 1.807) is 35.8 Å². The number of rotatable bonds is 7. The molecule has 1 atom stereocenters. The normalized spacial score (nSPS) is 11.8. The van der Waals surface area contributed by atoms with Crippen molar-refractivity contribution in [1.29, 1.82) is 0 Å². The van der Waals surface area contributed by atoms with Crippen LogP contribution in [0.4, 0.5) is 10.1 Å². The van der Waals surface area contributed by atoms with Crippen molar-refractivity contribution in [2.45, 2.75) is 30.8 Å². The average Bonchev–Trinajstić information content (AvgIpc) is 3.11. The van der Waals surface area contributed by atoms with E-state index >= 15 is 0 Å². The molecule has 1 unspecified atom stereocenters. The largest absolute Gasteiger partial charge is 0.347 e. The maximum atomic E-state index is 13.1. The quantitative estimate of drug-likeness (QED) is 0.358. The van der Waals surface area contributed by atoms with Gasteiger partial charge in [0.15, 0.2) is 11.0 Å². The van der Waals surface area contributed by atoms with Crippen LogP contribution in [-0.4, -0.2) is 25.6 Å². The Labute approximate surface area is 170 Å². The molecule has 0 fully saturated rings. The average molecular weight is 415 g/mol. The molecule has 3 aromatic rings. The second kappa shape index (κ2) is 8.82. The third-order valence-electron chi connectivity index (χ3n) is 4.07. The first-order valence-corrected chi connectivity index (χ1v) is 9.68. The molecule has 10 heteroatoms. The van der Waals surface area contributed by atoms with Crippen molar-refractivity contribution in [1.82, 2.24) is 20.1 Å². The standard InChI is InChI=1S/C19H18FN5O3S/c1-12(21-13(2)26)18-22-23-19(29-11-14-3-5-15(20)6-4-14)24(18)16-7-9-17(10-8-16)25(27)28/h3-10,12H,11H2,1-2H3,(H,21,26). The minimum absolute atomic E-state index is 0.0289. The Balaban J connectivity index is 1.94. The number of benzene rings is 2. The number of nitrogens with one attached hydrogen (secondary N) is 1. The van der Waals surface area contributed by atoms with Crippen molar-refractivity contribution in [3.8, 4) is 5.69 Å². The smallest absolute Gasteiger partial charge is 0.269 e. The highest BCUT2D eigenvalue weighted by atomic mass is 32.2. The van der Waals surface area contributed by atoms with Crippen molar-refractivity contribution >= 4 is 23.4 Å². The van der Waals surface area contributed by atoms with Crippen LogP contribution in [0.3, 0.4) is 0 Å². The Morgan fingerprint density at radius 3 is 2.45 bits per heavy atom. The molecule has 150 valence electrons. The zero-order chi connectivity index (χ0) is 21.0. The topological polar surface area (TPSA) is 103 Å². The first kappa shape index (κ1) is 20.5. The minimum atomic E-state index is -0.471. The molecule has 2 aromatic carbocycles. The first-order valence-electron chi connectivity index (χ1n) is 8.69. The van der Waals surface area contributed by atoms with Gasteiger partial charge in [0.25, 0.3) is 5.69 Å². The second-order valence-corrected chi connectivity index (χ2v) is 7.23. The van der Waals surface area contributed by atoms with Crippen LogP contribution in [0.15, 0.2) is 53.7 Å². The number of thioether (sulfide) groups is 1. The van der Waals surface area contributed by atoms with Gasteiger partial charge in [-0.1, -0.05) is 23.9 Å². The maximum absolute atomic E-state index is 13.1. The summed E-state index contributed by atoms with van der Waals surface area (Å²) in [5.41, 5.74) is 1.51. The van der Waals surface area contributed by atoms with Crippen molar-refractivity contribution in [3.63, 3.8) is 0 Å². The van der Waals surface area contributed by atoms with Crippen LogP contribution in [0.5, 0.6) is 0 Å². The van der Waals surface area contributed by atoms with Crippen LogP contribution in [0.1, 0.15) is 31.3 Å². The highest BCUT2D eigenvalue weighted by molar-refractivity contribution is 7.98. The van der Waals surface area contributed by atoms with E-state index in [1.807, 2.05) is 0 Å². The number of carbonyl (C=O) groups is 1. The van der Waals surface area contributed by atoms with Gasteiger partial charge in [-0.25, -0.2) is 4.39 Å². The molecule has 3 rings (SSSR count). The zero-order valence-electron chi connectivity index (χ0n) is 15.7. The van der Waals surface area contributed by atoms with Crippen LogP contribution < -0.4 is 5.32 Å². The number of nitrogens with zero attached hydrogens (tertiary/aromatic N) is 4. The predicted molar refractivity (Wildman–Crippen MR) is 106 cm³/mol. The van der Waals surface area contributed by atoms with Gasteiger partial charge in [0.05, 0.1) is 11.0 Å². The second-order valence-electron chi connectivity index (χ2n) is 6.29. The Hall–Kier alpha value is -3.27. The van der Waals surface area contributed by atoms with Crippen LogP contribution in [0, 0.1) is 15.9 Å². The molecule has 0 aliphatic carbocycles. The summed E-state index contributed by atoms with van der Waals surface area (Å²) < 4.78 is 14.9. The lowest BCUT2D eigenvalue weighted by Crippen LogP contribution is -2.26. The molecule has 0 bridgehead atoms. The van der Waals surface area contributed by atoms with Gasteiger partial charge >= 0.3 is 0 Å². The fourth-order valence-electron chi connectivity index (χ4n) is 2.72. The molecule has 0 spiro atoms. The van der Waals surface area contributed by atoms with E-state index in [-0.39, 0.29) is 17.4 Å². The fraction of sp³-hybridized carbons (Fsp3) is 0.211. The Morgan fingerprint density at radius 1 is 1.21 bits per heavy atom. The van der Waals surface area contributed by atoms with E-state index in [9.17, 15) is 19.3 Å². The van der Waals surface area contributed by atoms with Gasteiger partial charge in [-0.05, 0) is 36.8 Å². The summed E-state index contributed by atoms with van der Waals surface area (Å²) in [6.07, 6.45) is 0. The third kappa shape index (κ3) is 4.96. The predicted octanol–water partition coefficient (Wildman–Crippen LogP) is 3.80. The molecule has 0 saturated carbocycles. The number of amides is 1. The van der Waals surface area contributed by atoms with Gasteiger partial charge in [-0.2, -0.15) is 0 Å². The monoisotopic (exact) mass is 415 g/mol. The van der Waals surface area contributed by atoms with Crippen LogP contribution in [-0.2, 0) is 10.5 Å². The summed E-state index contributed by atoms with van der Waals surface area (Å²) in [5, 5.41) is 22.7. The molecule has 0 saturated heterocycles. The number of aromatic nitrogens is 3. The molecule has 0 radical (unpaired) electrons. The lowest BCUT2D eigenvalue weighted by atomic mass is 10.2. The number of non-ortho nitro benzene ring substituents is 1. The van der Waals surface area contributed by atoms with Crippen LogP contribution >= 0.6 is 11.8 Å². The number of carbonyl (C=O) groups excluding carboxylic acids is 1. The lowest BCUT2D eigenvalue weighted by molar-refractivity contribution is -0.384. The summed E-state index contributed by atoms with van der Waals surface area (Å²) in [7, 11) is 0. The minimum Gasteiger partial charge on any atom is -0.347 e. The summed E-state index contributed by atoms with van der Waals surface area (Å²) in [5.74, 6) is 0.506. The highest BCUT2D eigenvalue weighted by Crippen LogP contribution is 2.28. The Morgan fingerprint density at radius 2 is 1.86 bits per heavy atom. The number of nitro benzene ring substituents is 1. The number of hydrogen-bond donors (Lipinski definition) is 1. The highest BCUT2D eigenvalue weighted by Gasteiger charge is 2.21. The molecular weight excluding hydrogens is 397 g/mol. The lowest BCUT2D eigenvalue weighted by Gasteiger charge is -2.15. The molecule has 0 aliphatic rings. The van der Waals surface area contributed by atoms with Crippen molar-refractivity contribution in [2.24, 2.45) is 0 Å². The van der Waals surface area contributed by atoms with Crippen molar-refractivity contribution in [3.05, 3.63) is 75.9 Å². The van der Waals surface area contributed by atoms with Gasteiger partial charge in [0.2, 0.25) is 5.91 Å². The summed E-state index contributed by atoms with van der Waals surface area (Å²) >= 11 is 1.39. The van der Waals surface area contributed by atoms with E-state index in [2.05, 4.69) is 15.5 Å². The summed E-state index contributed by atoms with van der Waals surface area (Å²) in [6.45, 7) is 3.19. The number of hydrogen-bond acceptors (Lipinski definition) is 6. The fourth-order valence-corrected chi connectivity index (χ4v) is 3.63. The first-order chi connectivity index (χ1) is 13.8. The summed E-state index contributed by atoms with van der Waals surface area (Å²) in [4.78, 5) is 21.9. The van der Waals surface area contributed by atoms with Gasteiger partial charge in [-0.3, -0.25) is 19.5 Å². The number of halogens is 1. The van der Waals surface area contributed by atoms with Crippen LogP contribution in [0.25, 0.3) is 5.69 Å². The van der Waals surface area contributed by atoms with E-state index in [0.717, 1.165) is 5.56 Å².